The fourth-order valence-electron chi connectivity index (χ4n) is 1.46. The second-order valence-electron chi connectivity index (χ2n) is 4.70. The predicted molar refractivity (Wildman–Crippen MR) is 72.8 cm³/mol. The van der Waals surface area contributed by atoms with Gasteiger partial charge in [0.05, 0.1) is 12.6 Å². The Morgan fingerprint density at radius 1 is 1.32 bits per heavy atom. The summed E-state index contributed by atoms with van der Waals surface area (Å²) in [7, 11) is 0. The molecule has 108 valence electrons. The van der Waals surface area contributed by atoms with Crippen LogP contribution in [-0.4, -0.2) is 35.2 Å². The number of rotatable bonds is 8. The molecule has 0 fully saturated rings. The molecule has 1 unspecified atom stereocenters. The van der Waals surface area contributed by atoms with Gasteiger partial charge in [0, 0.05) is 6.04 Å². The number of hydrogen-bond acceptors (Lipinski definition) is 6. The van der Waals surface area contributed by atoms with Gasteiger partial charge in [0.2, 0.25) is 11.8 Å². The first kappa shape index (κ1) is 15.4. The molecule has 0 saturated heterocycles. The Kier molecular flexibility index (Phi) is 6.27. The third kappa shape index (κ3) is 5.69. The van der Waals surface area contributed by atoms with Crippen molar-refractivity contribution in [2.75, 3.05) is 18.4 Å². The van der Waals surface area contributed by atoms with Gasteiger partial charge in [0.1, 0.15) is 0 Å². The van der Waals surface area contributed by atoms with Crippen molar-refractivity contribution in [1.29, 1.82) is 0 Å². The summed E-state index contributed by atoms with van der Waals surface area (Å²) in [5.41, 5.74) is 0. The summed E-state index contributed by atoms with van der Waals surface area (Å²) in [5.74, 6) is 0.409. The van der Waals surface area contributed by atoms with E-state index in [1.54, 1.807) is 0 Å². The topological polar surface area (TPSA) is 92.1 Å². The number of aromatic nitrogens is 2. The maximum atomic E-state index is 11.4. The number of nitrogens with zero attached hydrogens (tertiary/aromatic N) is 2. The van der Waals surface area contributed by atoms with Crippen molar-refractivity contribution >= 4 is 11.9 Å². The second kappa shape index (κ2) is 7.73. The van der Waals surface area contributed by atoms with E-state index in [0.717, 1.165) is 13.0 Å². The lowest BCUT2D eigenvalue weighted by molar-refractivity contribution is -0.119. The standard InChI is InChI=1S/C12H23N5O2/c1-5-6-13-9(4)11-16-17-12(19-11)14-7-10(18)15-8(2)3/h8-9,13H,5-7H2,1-4H3,(H,14,17)(H,15,18). The molecule has 0 spiro atoms. The van der Waals surface area contributed by atoms with Crippen molar-refractivity contribution in [3.8, 4) is 0 Å². The lowest BCUT2D eigenvalue weighted by atomic mass is 10.3. The van der Waals surface area contributed by atoms with E-state index in [1.807, 2.05) is 20.8 Å². The molecule has 0 radical (unpaired) electrons. The quantitative estimate of drug-likeness (QED) is 0.653. The molecule has 1 aromatic heterocycles. The van der Waals surface area contributed by atoms with Gasteiger partial charge in [0.15, 0.2) is 0 Å². The van der Waals surface area contributed by atoms with E-state index in [9.17, 15) is 4.79 Å². The highest BCUT2D eigenvalue weighted by Gasteiger charge is 2.13. The van der Waals surface area contributed by atoms with Crippen LogP contribution in [0.1, 0.15) is 46.0 Å². The summed E-state index contributed by atoms with van der Waals surface area (Å²) in [6, 6.07) is 0.386. The summed E-state index contributed by atoms with van der Waals surface area (Å²) in [4.78, 5) is 11.4. The second-order valence-corrected chi connectivity index (χ2v) is 4.70. The Morgan fingerprint density at radius 2 is 2.05 bits per heavy atom. The van der Waals surface area contributed by atoms with E-state index in [4.69, 9.17) is 4.42 Å². The molecule has 0 bridgehead atoms. The number of anilines is 1. The van der Waals surface area contributed by atoms with Gasteiger partial charge in [-0.15, -0.1) is 5.10 Å². The van der Waals surface area contributed by atoms with Gasteiger partial charge >= 0.3 is 6.01 Å². The minimum Gasteiger partial charge on any atom is -0.406 e. The number of hydrogen-bond donors (Lipinski definition) is 3. The van der Waals surface area contributed by atoms with Crippen LogP contribution in [0.5, 0.6) is 0 Å². The molecular formula is C12H23N5O2. The SMILES string of the molecule is CCCNC(C)c1nnc(NCC(=O)NC(C)C)o1. The van der Waals surface area contributed by atoms with Crippen LogP contribution >= 0.6 is 0 Å². The Bertz CT molecular complexity index is 391. The molecular weight excluding hydrogens is 246 g/mol. The zero-order valence-electron chi connectivity index (χ0n) is 12.0. The van der Waals surface area contributed by atoms with Gasteiger partial charge in [-0.3, -0.25) is 4.79 Å². The third-order valence-electron chi connectivity index (χ3n) is 2.36. The minimum absolute atomic E-state index is 0.00694. The van der Waals surface area contributed by atoms with E-state index in [1.165, 1.54) is 0 Å². The first-order valence-corrected chi connectivity index (χ1v) is 6.63. The highest BCUT2D eigenvalue weighted by Crippen LogP contribution is 2.13. The fraction of sp³-hybridized carbons (Fsp3) is 0.750. The molecule has 0 aliphatic carbocycles. The summed E-state index contributed by atoms with van der Waals surface area (Å²) in [5, 5.41) is 16.6. The lowest BCUT2D eigenvalue weighted by Gasteiger charge is -2.08. The van der Waals surface area contributed by atoms with Crippen LogP contribution in [-0.2, 0) is 4.79 Å². The Balaban J connectivity index is 2.40. The molecule has 1 heterocycles. The van der Waals surface area contributed by atoms with Crippen LogP contribution < -0.4 is 16.0 Å². The first-order valence-electron chi connectivity index (χ1n) is 6.63. The zero-order valence-corrected chi connectivity index (χ0v) is 12.0. The van der Waals surface area contributed by atoms with Gasteiger partial charge in [-0.05, 0) is 33.7 Å². The Hall–Kier alpha value is -1.63. The van der Waals surface area contributed by atoms with Crippen LogP contribution in [0, 0.1) is 0 Å². The van der Waals surface area contributed by atoms with E-state index >= 15 is 0 Å². The third-order valence-corrected chi connectivity index (χ3v) is 2.36. The van der Waals surface area contributed by atoms with Crippen LogP contribution in [0.2, 0.25) is 0 Å². The Morgan fingerprint density at radius 3 is 2.68 bits per heavy atom. The van der Waals surface area contributed by atoms with Gasteiger partial charge in [0.25, 0.3) is 0 Å². The number of carbonyl (C=O) groups excluding carboxylic acids is 1. The Labute approximate surface area is 113 Å². The summed E-state index contributed by atoms with van der Waals surface area (Å²) in [6.07, 6.45) is 1.04. The molecule has 0 saturated carbocycles. The van der Waals surface area contributed by atoms with Gasteiger partial charge < -0.3 is 20.4 Å². The minimum atomic E-state index is -0.105. The average molecular weight is 269 g/mol. The molecule has 1 atom stereocenters. The highest BCUT2D eigenvalue weighted by atomic mass is 16.4. The molecule has 0 aromatic carbocycles. The van der Waals surface area contributed by atoms with Crippen molar-refractivity contribution < 1.29 is 9.21 Å². The van der Waals surface area contributed by atoms with Gasteiger partial charge in [-0.25, -0.2) is 0 Å². The van der Waals surface area contributed by atoms with Gasteiger partial charge in [-0.2, -0.15) is 0 Å². The monoisotopic (exact) mass is 269 g/mol. The fourth-order valence-corrected chi connectivity index (χ4v) is 1.46. The van der Waals surface area contributed by atoms with E-state index in [0.29, 0.717) is 5.89 Å². The van der Waals surface area contributed by atoms with Crippen LogP contribution in [0.3, 0.4) is 0 Å². The number of carbonyl (C=O) groups is 1. The maximum absolute atomic E-state index is 11.4. The summed E-state index contributed by atoms with van der Waals surface area (Å²) in [6.45, 7) is 8.87. The van der Waals surface area contributed by atoms with Crippen molar-refractivity contribution in [2.24, 2.45) is 0 Å². The normalized spacial score (nSPS) is 12.5. The molecule has 1 rings (SSSR count). The molecule has 7 nitrogen and oxygen atoms in total. The summed E-state index contributed by atoms with van der Waals surface area (Å²) >= 11 is 0. The molecule has 19 heavy (non-hydrogen) atoms. The molecule has 1 aromatic rings. The number of amides is 1. The van der Waals surface area contributed by atoms with Crippen LogP contribution in [0.15, 0.2) is 4.42 Å². The molecule has 0 aliphatic heterocycles. The van der Waals surface area contributed by atoms with Crippen molar-refractivity contribution in [1.82, 2.24) is 20.8 Å². The van der Waals surface area contributed by atoms with Crippen LogP contribution in [0.25, 0.3) is 0 Å². The van der Waals surface area contributed by atoms with Gasteiger partial charge in [-0.1, -0.05) is 12.0 Å². The molecule has 1 amide bonds. The van der Waals surface area contributed by atoms with Crippen molar-refractivity contribution in [3.05, 3.63) is 5.89 Å². The number of nitrogens with one attached hydrogen (secondary N) is 3. The molecule has 0 aliphatic rings. The predicted octanol–water partition coefficient (Wildman–Crippen LogP) is 1.07. The van der Waals surface area contributed by atoms with E-state index in [2.05, 4.69) is 33.1 Å². The lowest BCUT2D eigenvalue weighted by Crippen LogP contribution is -2.34. The molecule has 7 heteroatoms. The smallest absolute Gasteiger partial charge is 0.315 e. The highest BCUT2D eigenvalue weighted by molar-refractivity contribution is 5.80. The van der Waals surface area contributed by atoms with Crippen molar-refractivity contribution in [2.45, 2.75) is 46.2 Å². The van der Waals surface area contributed by atoms with E-state index in [-0.39, 0.29) is 30.6 Å². The largest absolute Gasteiger partial charge is 0.406 e. The van der Waals surface area contributed by atoms with E-state index < -0.39 is 0 Å². The van der Waals surface area contributed by atoms with Crippen molar-refractivity contribution in [3.63, 3.8) is 0 Å². The maximum Gasteiger partial charge on any atom is 0.315 e. The molecule has 3 N–H and O–H groups in total. The zero-order chi connectivity index (χ0) is 14.3. The average Bonchev–Trinajstić information content (AvgIpc) is 2.81. The van der Waals surface area contributed by atoms with Crippen LogP contribution in [0.4, 0.5) is 6.01 Å². The first-order chi connectivity index (χ1) is 9.02. The summed E-state index contributed by atoms with van der Waals surface area (Å²) < 4.78 is 5.42.